The van der Waals surface area contributed by atoms with E-state index in [1.165, 1.54) is 0 Å². The first-order chi connectivity index (χ1) is 14.5. The van der Waals surface area contributed by atoms with Crippen LogP contribution in [0.1, 0.15) is 48.9 Å². The predicted molar refractivity (Wildman–Crippen MR) is 115 cm³/mol. The van der Waals surface area contributed by atoms with Crippen LogP contribution in [0.15, 0.2) is 47.3 Å². The molecule has 2 aromatic rings. The smallest absolute Gasteiger partial charge is 0.251 e. The molecule has 2 aliphatic heterocycles. The monoisotopic (exact) mass is 407 g/mol. The van der Waals surface area contributed by atoms with Gasteiger partial charge < -0.3 is 19.9 Å². The SMILES string of the molecule is COc1cccc(C[C@H]2[C@H]3C[C@H](CN(C(=O)C4(N)CCC4)C3)c3cccc(=O)n32)c1. The number of benzene rings is 1. The molecule has 0 unspecified atom stereocenters. The van der Waals surface area contributed by atoms with Gasteiger partial charge in [0.2, 0.25) is 5.91 Å². The van der Waals surface area contributed by atoms with Crippen LogP contribution in [-0.2, 0) is 11.2 Å². The van der Waals surface area contributed by atoms with Crippen LogP contribution in [0.3, 0.4) is 0 Å². The van der Waals surface area contributed by atoms with Gasteiger partial charge in [-0.3, -0.25) is 9.59 Å². The molecular weight excluding hydrogens is 378 g/mol. The number of hydrogen-bond acceptors (Lipinski definition) is 4. The maximum absolute atomic E-state index is 13.2. The van der Waals surface area contributed by atoms with Crippen LogP contribution in [0.5, 0.6) is 5.75 Å². The van der Waals surface area contributed by atoms with Gasteiger partial charge in [-0.1, -0.05) is 18.2 Å². The molecule has 1 aromatic carbocycles. The predicted octanol–water partition coefficient (Wildman–Crippen LogP) is 2.47. The lowest BCUT2D eigenvalue weighted by molar-refractivity contribution is -0.143. The van der Waals surface area contributed by atoms with Gasteiger partial charge >= 0.3 is 0 Å². The minimum Gasteiger partial charge on any atom is -0.497 e. The summed E-state index contributed by atoms with van der Waals surface area (Å²) in [6.45, 7) is 1.33. The van der Waals surface area contributed by atoms with Crippen molar-refractivity contribution >= 4 is 5.91 Å². The summed E-state index contributed by atoms with van der Waals surface area (Å²) < 4.78 is 7.38. The van der Waals surface area contributed by atoms with Crippen molar-refractivity contribution in [1.29, 1.82) is 0 Å². The second kappa shape index (κ2) is 7.27. The van der Waals surface area contributed by atoms with Gasteiger partial charge in [0.1, 0.15) is 5.75 Å². The summed E-state index contributed by atoms with van der Waals surface area (Å²) in [7, 11) is 1.66. The summed E-state index contributed by atoms with van der Waals surface area (Å²) in [5, 5.41) is 0. The van der Waals surface area contributed by atoms with E-state index >= 15 is 0 Å². The quantitative estimate of drug-likeness (QED) is 0.845. The maximum atomic E-state index is 13.2. The summed E-state index contributed by atoms with van der Waals surface area (Å²) in [6, 6.07) is 13.6. The van der Waals surface area contributed by atoms with Crippen LogP contribution in [0.4, 0.5) is 0 Å². The number of nitrogens with two attached hydrogens (primary N) is 1. The number of rotatable bonds is 4. The van der Waals surface area contributed by atoms with Crippen molar-refractivity contribution in [2.75, 3.05) is 20.2 Å². The third-order valence-electron chi connectivity index (χ3n) is 7.34. The lowest BCUT2D eigenvalue weighted by Crippen LogP contribution is -2.62. The van der Waals surface area contributed by atoms with Crippen molar-refractivity contribution in [3.8, 4) is 5.75 Å². The van der Waals surface area contributed by atoms with Gasteiger partial charge in [0.15, 0.2) is 0 Å². The van der Waals surface area contributed by atoms with E-state index in [9.17, 15) is 9.59 Å². The van der Waals surface area contributed by atoms with Crippen molar-refractivity contribution in [3.05, 3.63) is 64.1 Å². The highest BCUT2D eigenvalue weighted by molar-refractivity contribution is 5.87. The Bertz CT molecular complexity index is 1030. The Balaban J connectivity index is 1.50. The molecule has 158 valence electrons. The Morgan fingerprint density at radius 2 is 2.00 bits per heavy atom. The number of methoxy groups -OCH3 is 1. The summed E-state index contributed by atoms with van der Waals surface area (Å²) in [4.78, 5) is 28.0. The standard InChI is InChI=1S/C24H29N3O3/c1-30-19-6-2-5-16(11-19)12-21-18-13-17(20-7-3-8-22(28)27(20)21)14-26(15-18)23(29)24(25)9-4-10-24/h2-3,5-8,11,17-18,21H,4,9-10,12-15,25H2,1H3/t17-,18+,21+/m1/s1. The Kier molecular flexibility index (Phi) is 4.69. The van der Waals surface area contributed by atoms with E-state index in [4.69, 9.17) is 10.5 Å². The van der Waals surface area contributed by atoms with Crippen molar-refractivity contribution in [3.63, 3.8) is 0 Å². The van der Waals surface area contributed by atoms with Crippen LogP contribution in [0.2, 0.25) is 0 Å². The molecule has 3 aliphatic rings. The molecule has 1 aromatic heterocycles. The number of piperidine rings is 1. The summed E-state index contributed by atoms with van der Waals surface area (Å²) in [5.41, 5.74) is 7.93. The van der Waals surface area contributed by atoms with Crippen LogP contribution in [0, 0.1) is 5.92 Å². The van der Waals surface area contributed by atoms with Crippen LogP contribution in [-0.4, -0.2) is 41.1 Å². The normalized spacial score (nSPS) is 26.5. The molecule has 1 saturated heterocycles. The molecule has 30 heavy (non-hydrogen) atoms. The Morgan fingerprint density at radius 1 is 1.20 bits per heavy atom. The zero-order chi connectivity index (χ0) is 20.9. The molecule has 1 amide bonds. The Morgan fingerprint density at radius 3 is 2.73 bits per heavy atom. The largest absolute Gasteiger partial charge is 0.497 e. The summed E-state index contributed by atoms with van der Waals surface area (Å²) >= 11 is 0. The van der Waals surface area contributed by atoms with Gasteiger partial charge in [0, 0.05) is 36.8 Å². The first kappa shape index (κ1) is 19.4. The third kappa shape index (κ3) is 3.14. The van der Waals surface area contributed by atoms with E-state index in [-0.39, 0.29) is 29.3 Å². The molecule has 3 atom stereocenters. The fraction of sp³-hybridized carbons (Fsp3) is 0.500. The second-order valence-electron chi connectivity index (χ2n) is 9.19. The molecule has 2 N–H and O–H groups in total. The van der Waals surface area contributed by atoms with Crippen molar-refractivity contribution in [2.24, 2.45) is 11.7 Å². The van der Waals surface area contributed by atoms with Gasteiger partial charge in [0.05, 0.1) is 12.6 Å². The Labute approximate surface area is 176 Å². The highest BCUT2D eigenvalue weighted by Gasteiger charge is 2.47. The molecular formula is C24H29N3O3. The molecule has 6 heteroatoms. The average Bonchev–Trinajstić information content (AvgIpc) is 2.74. The van der Waals surface area contributed by atoms with Gasteiger partial charge in [-0.15, -0.1) is 0 Å². The molecule has 6 nitrogen and oxygen atoms in total. The average molecular weight is 408 g/mol. The van der Waals surface area contributed by atoms with Gasteiger partial charge in [-0.25, -0.2) is 0 Å². The number of ether oxygens (including phenoxy) is 1. The number of hydrogen-bond donors (Lipinski definition) is 1. The molecule has 3 heterocycles. The van der Waals surface area contributed by atoms with E-state index in [2.05, 4.69) is 12.1 Å². The molecule has 2 bridgehead atoms. The number of aromatic nitrogens is 1. The van der Waals surface area contributed by atoms with Crippen molar-refractivity contribution in [2.45, 2.75) is 49.6 Å². The number of likely N-dealkylation sites (tertiary alicyclic amines) is 1. The summed E-state index contributed by atoms with van der Waals surface area (Å²) in [6.07, 6.45) is 4.32. The van der Waals surface area contributed by atoms with E-state index in [0.29, 0.717) is 13.1 Å². The fourth-order valence-electron chi connectivity index (χ4n) is 5.60. The van der Waals surface area contributed by atoms with E-state index in [0.717, 1.165) is 49.1 Å². The lowest BCUT2D eigenvalue weighted by Gasteiger charge is -2.50. The number of carbonyl (C=O) groups is 1. The van der Waals surface area contributed by atoms with Gasteiger partial charge in [-0.2, -0.15) is 0 Å². The maximum Gasteiger partial charge on any atom is 0.251 e. The molecule has 5 rings (SSSR count). The first-order valence-corrected chi connectivity index (χ1v) is 10.9. The molecule has 0 spiro atoms. The van der Waals surface area contributed by atoms with Gasteiger partial charge in [0.25, 0.3) is 5.56 Å². The van der Waals surface area contributed by atoms with E-state index in [1.54, 1.807) is 13.2 Å². The highest BCUT2D eigenvalue weighted by Crippen LogP contribution is 2.43. The molecule has 1 saturated carbocycles. The third-order valence-corrected chi connectivity index (χ3v) is 7.34. The minimum absolute atomic E-state index is 0.0165. The number of carbonyl (C=O) groups excluding carboxylic acids is 1. The molecule has 0 radical (unpaired) electrons. The molecule has 2 fully saturated rings. The number of nitrogens with zero attached hydrogens (tertiary/aromatic N) is 2. The zero-order valence-electron chi connectivity index (χ0n) is 17.4. The number of amides is 1. The van der Waals surface area contributed by atoms with Gasteiger partial charge in [-0.05, 0) is 61.8 Å². The van der Waals surface area contributed by atoms with Crippen molar-refractivity contribution in [1.82, 2.24) is 9.47 Å². The lowest BCUT2D eigenvalue weighted by atomic mass is 9.73. The second-order valence-corrected chi connectivity index (χ2v) is 9.19. The first-order valence-electron chi connectivity index (χ1n) is 10.9. The zero-order valence-corrected chi connectivity index (χ0v) is 17.4. The van der Waals surface area contributed by atoms with Crippen molar-refractivity contribution < 1.29 is 9.53 Å². The molecule has 1 aliphatic carbocycles. The Hall–Kier alpha value is -2.60. The topological polar surface area (TPSA) is 77.6 Å². The van der Waals surface area contributed by atoms with Crippen LogP contribution in [0.25, 0.3) is 0 Å². The van der Waals surface area contributed by atoms with E-state index < -0.39 is 5.54 Å². The minimum atomic E-state index is -0.676. The van der Waals surface area contributed by atoms with Crippen LogP contribution < -0.4 is 16.0 Å². The fourth-order valence-corrected chi connectivity index (χ4v) is 5.60. The number of pyridine rings is 1. The highest BCUT2D eigenvalue weighted by atomic mass is 16.5. The summed E-state index contributed by atoms with van der Waals surface area (Å²) in [5.74, 6) is 1.33. The van der Waals surface area contributed by atoms with E-state index in [1.807, 2.05) is 33.7 Å². The number of fused-ring (bicyclic) bond motifs is 4. The van der Waals surface area contributed by atoms with Crippen LogP contribution >= 0.6 is 0 Å².